The van der Waals surface area contributed by atoms with Gasteiger partial charge in [0.1, 0.15) is 4.90 Å². The van der Waals surface area contributed by atoms with Gasteiger partial charge in [0.15, 0.2) is 0 Å². The number of benzene rings is 2. The summed E-state index contributed by atoms with van der Waals surface area (Å²) in [4.78, 5) is 10.8. The van der Waals surface area contributed by atoms with E-state index in [4.69, 9.17) is 23.2 Å². The second kappa shape index (κ2) is 6.96. The Morgan fingerprint density at radius 2 is 1.88 bits per heavy atom. The van der Waals surface area contributed by atoms with Crippen molar-refractivity contribution in [2.45, 2.75) is 30.2 Å². The zero-order valence-electron chi connectivity index (χ0n) is 13.0. The number of carbonyl (C=O) groups is 1. The van der Waals surface area contributed by atoms with Gasteiger partial charge >= 0.3 is 0 Å². The molecule has 1 N–H and O–H groups in total. The van der Waals surface area contributed by atoms with Gasteiger partial charge in [-0.2, -0.15) is 0 Å². The number of aryl methyl sites for hydroxylation is 1. The molecule has 5 nitrogen and oxygen atoms in total. The Balaban J connectivity index is 1.99. The predicted molar refractivity (Wildman–Crippen MR) is 93.2 cm³/mol. The molecule has 0 radical (unpaired) electrons. The number of halogens is 2. The molecule has 1 aliphatic carbocycles. The molecule has 0 amide bonds. The summed E-state index contributed by atoms with van der Waals surface area (Å²) in [7, 11) is -4.04. The third-order valence-electron chi connectivity index (χ3n) is 4.20. The van der Waals surface area contributed by atoms with Gasteiger partial charge in [-0.15, -0.1) is 0 Å². The van der Waals surface area contributed by atoms with Crippen LogP contribution in [0.15, 0.2) is 41.3 Å². The lowest BCUT2D eigenvalue weighted by atomic mass is 9.88. The molecule has 0 heterocycles. The summed E-state index contributed by atoms with van der Waals surface area (Å²) in [5, 5.41) is 10.8. The molecule has 1 atom stereocenters. The van der Waals surface area contributed by atoms with Crippen LogP contribution in [0.2, 0.25) is 10.0 Å². The van der Waals surface area contributed by atoms with Crippen LogP contribution in [-0.2, 0) is 16.4 Å². The van der Waals surface area contributed by atoms with E-state index in [1.807, 2.05) is 24.3 Å². The average molecular weight is 399 g/mol. The number of aromatic carboxylic acids is 1. The molecule has 0 unspecified atom stereocenters. The molecule has 0 saturated carbocycles. The smallest absolute Gasteiger partial charge is 0.242 e. The third-order valence-corrected chi connectivity index (χ3v) is 6.45. The first-order chi connectivity index (χ1) is 11.8. The van der Waals surface area contributed by atoms with Gasteiger partial charge in [0.2, 0.25) is 10.0 Å². The molecular formula is C17H14Cl2NO4S-. The minimum Gasteiger partial charge on any atom is -0.545 e. The monoisotopic (exact) mass is 398 g/mol. The van der Waals surface area contributed by atoms with Gasteiger partial charge in [-0.1, -0.05) is 47.5 Å². The van der Waals surface area contributed by atoms with E-state index in [0.29, 0.717) is 6.42 Å². The zero-order valence-corrected chi connectivity index (χ0v) is 15.3. The fraction of sp³-hybridized carbons (Fsp3) is 0.235. The fourth-order valence-electron chi connectivity index (χ4n) is 3.02. The van der Waals surface area contributed by atoms with Crippen LogP contribution in [-0.4, -0.2) is 14.4 Å². The fourth-order valence-corrected chi connectivity index (χ4v) is 5.12. The Bertz CT molecular complexity index is 944. The topological polar surface area (TPSA) is 86.3 Å². The SMILES string of the molecule is O=C([O-])c1cc(S(=O)(=O)N[C@H]2CCCc3ccccc32)c(Cl)cc1Cl. The summed E-state index contributed by atoms with van der Waals surface area (Å²) < 4.78 is 28.2. The van der Waals surface area contributed by atoms with Crippen LogP contribution < -0.4 is 9.83 Å². The lowest BCUT2D eigenvalue weighted by Gasteiger charge is -2.26. The quantitative estimate of drug-likeness (QED) is 0.857. The van der Waals surface area contributed by atoms with Crippen molar-refractivity contribution in [2.24, 2.45) is 0 Å². The summed E-state index contributed by atoms with van der Waals surface area (Å²) in [5.41, 5.74) is 1.59. The third kappa shape index (κ3) is 3.67. The van der Waals surface area contributed by atoms with E-state index in [1.165, 1.54) is 0 Å². The summed E-state index contributed by atoms with van der Waals surface area (Å²) in [5.74, 6) is -1.57. The molecule has 0 aliphatic heterocycles. The summed E-state index contributed by atoms with van der Waals surface area (Å²) in [6.45, 7) is 0. The number of fused-ring (bicyclic) bond motifs is 1. The van der Waals surface area contributed by atoms with Gasteiger partial charge in [-0.3, -0.25) is 0 Å². The Labute approximate surface area is 155 Å². The van der Waals surface area contributed by atoms with Crippen molar-refractivity contribution in [1.29, 1.82) is 0 Å². The lowest BCUT2D eigenvalue weighted by molar-refractivity contribution is -0.255. The molecule has 3 rings (SSSR count). The van der Waals surface area contributed by atoms with Crippen molar-refractivity contribution < 1.29 is 18.3 Å². The van der Waals surface area contributed by atoms with Crippen molar-refractivity contribution in [3.8, 4) is 0 Å². The number of carbonyl (C=O) groups excluding carboxylic acids is 1. The van der Waals surface area contributed by atoms with Gasteiger partial charge in [0, 0.05) is 11.6 Å². The second-order valence-electron chi connectivity index (χ2n) is 5.81. The molecule has 2 aromatic carbocycles. The Morgan fingerprint density at radius 3 is 2.60 bits per heavy atom. The van der Waals surface area contributed by atoms with Gasteiger partial charge < -0.3 is 9.90 Å². The molecule has 8 heteroatoms. The average Bonchev–Trinajstić information content (AvgIpc) is 2.54. The number of carboxylic acid groups (broad SMARTS) is 1. The van der Waals surface area contributed by atoms with E-state index in [1.54, 1.807) is 0 Å². The number of hydrogen-bond acceptors (Lipinski definition) is 4. The normalized spacial score (nSPS) is 17.1. The lowest BCUT2D eigenvalue weighted by Crippen LogP contribution is -2.31. The van der Waals surface area contributed by atoms with Crippen LogP contribution >= 0.6 is 23.2 Å². The number of sulfonamides is 1. The highest BCUT2D eigenvalue weighted by Crippen LogP contribution is 2.33. The second-order valence-corrected chi connectivity index (χ2v) is 8.31. The summed E-state index contributed by atoms with van der Waals surface area (Å²) in [6, 6.07) is 9.26. The van der Waals surface area contributed by atoms with Gasteiger partial charge in [0.05, 0.1) is 16.0 Å². The van der Waals surface area contributed by atoms with E-state index in [9.17, 15) is 18.3 Å². The number of hydrogen-bond donors (Lipinski definition) is 1. The van der Waals surface area contributed by atoms with E-state index in [0.717, 1.165) is 36.1 Å². The first kappa shape index (κ1) is 18.2. The molecule has 25 heavy (non-hydrogen) atoms. The van der Waals surface area contributed by atoms with Crippen molar-refractivity contribution in [3.63, 3.8) is 0 Å². The minimum absolute atomic E-state index is 0.147. The van der Waals surface area contributed by atoms with Crippen LogP contribution in [0.4, 0.5) is 0 Å². The molecule has 2 aromatic rings. The summed E-state index contributed by atoms with van der Waals surface area (Å²) >= 11 is 11.8. The molecule has 0 aromatic heterocycles. The van der Waals surface area contributed by atoms with E-state index in [2.05, 4.69) is 4.72 Å². The van der Waals surface area contributed by atoms with E-state index >= 15 is 0 Å². The molecule has 132 valence electrons. The number of carboxylic acids is 1. The highest BCUT2D eigenvalue weighted by molar-refractivity contribution is 7.89. The van der Waals surface area contributed by atoms with E-state index < -0.39 is 27.6 Å². The maximum absolute atomic E-state index is 12.8. The largest absolute Gasteiger partial charge is 0.545 e. The van der Waals surface area contributed by atoms with Gasteiger partial charge in [0.25, 0.3) is 0 Å². The Morgan fingerprint density at radius 1 is 1.16 bits per heavy atom. The molecule has 0 bridgehead atoms. The minimum atomic E-state index is -4.04. The molecule has 0 saturated heterocycles. The van der Waals surface area contributed by atoms with Crippen LogP contribution in [0.5, 0.6) is 0 Å². The first-order valence-corrected chi connectivity index (χ1v) is 9.84. The van der Waals surface area contributed by atoms with Crippen molar-refractivity contribution in [3.05, 3.63) is 63.1 Å². The van der Waals surface area contributed by atoms with Gasteiger partial charge in [-0.25, -0.2) is 13.1 Å². The zero-order chi connectivity index (χ0) is 18.2. The van der Waals surface area contributed by atoms with Crippen LogP contribution in [0, 0.1) is 0 Å². The van der Waals surface area contributed by atoms with Crippen LogP contribution in [0.3, 0.4) is 0 Å². The summed E-state index contributed by atoms with van der Waals surface area (Å²) in [6.07, 6.45) is 2.39. The van der Waals surface area contributed by atoms with E-state index in [-0.39, 0.29) is 14.9 Å². The van der Waals surface area contributed by atoms with Crippen molar-refractivity contribution >= 4 is 39.2 Å². The Kier molecular flexibility index (Phi) is 5.06. The maximum Gasteiger partial charge on any atom is 0.242 e. The standard InChI is InChI=1S/C17H15Cl2NO4S/c18-13-9-14(19)16(8-12(13)17(21)22)25(23,24)20-15-7-3-5-10-4-1-2-6-11(10)15/h1-2,4,6,8-9,15,20H,3,5,7H2,(H,21,22)/p-1/t15-/m0/s1. The van der Waals surface area contributed by atoms with Crippen LogP contribution in [0.1, 0.15) is 40.4 Å². The molecular weight excluding hydrogens is 385 g/mol. The first-order valence-electron chi connectivity index (χ1n) is 7.60. The molecule has 0 spiro atoms. The van der Waals surface area contributed by atoms with Gasteiger partial charge in [-0.05, 0) is 42.5 Å². The predicted octanol–water partition coefficient (Wildman–Crippen LogP) is 2.71. The van der Waals surface area contributed by atoms with Crippen molar-refractivity contribution in [1.82, 2.24) is 4.72 Å². The molecule has 0 fully saturated rings. The Hall–Kier alpha value is -1.60. The maximum atomic E-state index is 12.8. The number of rotatable bonds is 4. The van der Waals surface area contributed by atoms with Crippen molar-refractivity contribution in [2.75, 3.05) is 0 Å². The highest BCUT2D eigenvalue weighted by Gasteiger charge is 2.27. The molecule has 1 aliphatic rings. The van der Waals surface area contributed by atoms with Crippen LogP contribution in [0.25, 0.3) is 0 Å². The highest BCUT2D eigenvalue weighted by atomic mass is 35.5. The number of nitrogens with one attached hydrogen (secondary N) is 1.